The minimum Gasteiger partial charge on any atom is -0.467 e. The lowest BCUT2D eigenvalue weighted by atomic mass is 9.81. The van der Waals surface area contributed by atoms with Crippen LogP contribution in [0.4, 0.5) is 17.6 Å². The van der Waals surface area contributed by atoms with Gasteiger partial charge >= 0.3 is 21.6 Å². The van der Waals surface area contributed by atoms with E-state index in [0.717, 1.165) is 26.2 Å². The topological polar surface area (TPSA) is 69.7 Å². The van der Waals surface area contributed by atoms with Gasteiger partial charge in [-0.2, -0.15) is 21.6 Å². The van der Waals surface area contributed by atoms with Crippen molar-refractivity contribution in [3.8, 4) is 5.75 Å². The Morgan fingerprint density at radius 2 is 1.84 bits per heavy atom. The van der Waals surface area contributed by atoms with E-state index in [1.807, 2.05) is 0 Å². The highest BCUT2D eigenvalue weighted by Gasteiger charge is 2.51. The quantitative estimate of drug-likeness (QED) is 0.326. The summed E-state index contributed by atoms with van der Waals surface area (Å²) in [6.45, 7) is 1.03. The van der Waals surface area contributed by atoms with Gasteiger partial charge in [-0.3, -0.25) is 0 Å². The Balaban J connectivity index is 2.38. The van der Waals surface area contributed by atoms with Crippen LogP contribution >= 0.6 is 0 Å². The number of esters is 1. The van der Waals surface area contributed by atoms with Gasteiger partial charge in [0.2, 0.25) is 5.67 Å². The van der Waals surface area contributed by atoms with Crippen molar-refractivity contribution in [2.75, 3.05) is 7.11 Å². The van der Waals surface area contributed by atoms with Gasteiger partial charge in [-0.25, -0.2) is 9.18 Å². The molecule has 0 aliphatic heterocycles. The Hall–Kier alpha value is -1.84. The summed E-state index contributed by atoms with van der Waals surface area (Å²) in [4.78, 5) is 11.8. The molecule has 0 spiro atoms. The normalized spacial score (nSPS) is 19.0. The smallest absolute Gasteiger partial charge is 0.467 e. The SMILES string of the molecule is COC(=O)[C@@](C)(F)[C@H](c1cccc(OS(=O)(=O)C(F)(F)F)c1)C1CC1. The molecule has 10 heteroatoms. The lowest BCUT2D eigenvalue weighted by molar-refractivity contribution is -0.155. The number of hydrogen-bond acceptors (Lipinski definition) is 5. The number of hydrogen-bond donors (Lipinski definition) is 0. The van der Waals surface area contributed by atoms with Crippen molar-refractivity contribution in [2.45, 2.75) is 36.9 Å². The summed E-state index contributed by atoms with van der Waals surface area (Å²) >= 11 is 0. The van der Waals surface area contributed by atoms with Crippen LogP contribution in [0.1, 0.15) is 31.2 Å². The van der Waals surface area contributed by atoms with Gasteiger partial charge in [0, 0.05) is 5.92 Å². The summed E-state index contributed by atoms with van der Waals surface area (Å²) in [7, 11) is -4.81. The molecule has 0 N–H and O–H groups in total. The highest BCUT2D eigenvalue weighted by Crippen LogP contribution is 2.50. The molecular weight excluding hydrogens is 368 g/mol. The molecule has 2 atom stereocenters. The average Bonchev–Trinajstić information content (AvgIpc) is 3.29. The van der Waals surface area contributed by atoms with Crippen molar-refractivity contribution in [2.24, 2.45) is 5.92 Å². The van der Waals surface area contributed by atoms with E-state index in [2.05, 4.69) is 8.92 Å². The van der Waals surface area contributed by atoms with Crippen LogP contribution in [0.25, 0.3) is 0 Å². The number of methoxy groups -OCH3 is 1. The number of carbonyl (C=O) groups is 1. The van der Waals surface area contributed by atoms with Crippen LogP contribution < -0.4 is 4.18 Å². The van der Waals surface area contributed by atoms with Gasteiger partial charge in [-0.15, -0.1) is 0 Å². The van der Waals surface area contributed by atoms with E-state index in [4.69, 9.17) is 0 Å². The molecule has 1 aromatic carbocycles. The number of carbonyl (C=O) groups excluding carboxylic acids is 1. The second-order valence-electron chi connectivity index (χ2n) is 5.94. The van der Waals surface area contributed by atoms with Crippen molar-refractivity contribution >= 4 is 16.1 Å². The third kappa shape index (κ3) is 4.05. The van der Waals surface area contributed by atoms with Crippen molar-refractivity contribution < 1.29 is 39.7 Å². The molecule has 1 saturated carbocycles. The van der Waals surface area contributed by atoms with Gasteiger partial charge < -0.3 is 8.92 Å². The Labute approximate surface area is 142 Å². The number of alkyl halides is 4. The highest BCUT2D eigenvalue weighted by molar-refractivity contribution is 7.88. The maximum atomic E-state index is 15.0. The van der Waals surface area contributed by atoms with E-state index in [1.165, 1.54) is 12.1 Å². The number of benzene rings is 1. The molecule has 25 heavy (non-hydrogen) atoms. The first-order valence-electron chi connectivity index (χ1n) is 7.28. The van der Waals surface area contributed by atoms with Crippen LogP contribution in [-0.2, 0) is 19.6 Å². The zero-order valence-electron chi connectivity index (χ0n) is 13.3. The molecule has 0 heterocycles. The van der Waals surface area contributed by atoms with Crippen LogP contribution in [0.15, 0.2) is 24.3 Å². The molecule has 5 nitrogen and oxygen atoms in total. The standard InChI is InChI=1S/C15H16F4O5S/c1-14(16,13(20)23-2)12(9-6-7-9)10-4-3-5-11(8-10)24-25(21,22)15(17,18)19/h3-5,8-9,12H,6-7H2,1-2H3/t12-,14-/m0/s1. The monoisotopic (exact) mass is 384 g/mol. The van der Waals surface area contributed by atoms with Gasteiger partial charge in [-0.1, -0.05) is 12.1 Å². The minimum atomic E-state index is -5.84. The molecule has 2 rings (SSSR count). The van der Waals surface area contributed by atoms with Crippen LogP contribution in [0.5, 0.6) is 5.75 Å². The van der Waals surface area contributed by atoms with Gasteiger partial charge in [-0.05, 0) is 43.4 Å². The third-order valence-corrected chi connectivity index (χ3v) is 4.95. The summed E-state index contributed by atoms with van der Waals surface area (Å²) in [6, 6.07) is 4.63. The largest absolute Gasteiger partial charge is 0.534 e. The first kappa shape index (κ1) is 19.5. The summed E-state index contributed by atoms with van der Waals surface area (Å²) in [5.41, 5.74) is -7.84. The maximum absolute atomic E-state index is 15.0. The maximum Gasteiger partial charge on any atom is 0.534 e. The van der Waals surface area contributed by atoms with E-state index in [0.29, 0.717) is 12.8 Å². The molecule has 1 aromatic rings. The second kappa shape index (κ2) is 6.47. The molecule has 1 fully saturated rings. The molecule has 1 aliphatic rings. The van der Waals surface area contributed by atoms with Crippen LogP contribution in [-0.4, -0.2) is 32.7 Å². The van der Waals surface area contributed by atoms with Crippen LogP contribution in [0, 0.1) is 5.92 Å². The summed E-state index contributed by atoms with van der Waals surface area (Å²) in [5, 5.41) is 0. The Bertz CT molecular complexity index is 753. The Morgan fingerprint density at radius 3 is 2.32 bits per heavy atom. The van der Waals surface area contributed by atoms with E-state index in [1.54, 1.807) is 0 Å². The zero-order chi connectivity index (χ0) is 19.0. The molecule has 140 valence electrons. The third-order valence-electron chi connectivity index (χ3n) is 3.97. The minimum absolute atomic E-state index is 0.160. The fourth-order valence-electron chi connectivity index (χ4n) is 2.72. The highest BCUT2D eigenvalue weighted by atomic mass is 32.2. The fourth-order valence-corrected chi connectivity index (χ4v) is 3.17. The van der Waals surface area contributed by atoms with Crippen molar-refractivity contribution in [1.82, 2.24) is 0 Å². The fraction of sp³-hybridized carbons (Fsp3) is 0.533. The summed E-state index contributed by atoms with van der Waals surface area (Å²) < 4.78 is 83.0. The molecular formula is C15H16F4O5S. The van der Waals surface area contributed by atoms with Gasteiger partial charge in [0.15, 0.2) is 0 Å². The van der Waals surface area contributed by atoms with E-state index >= 15 is 0 Å². The van der Waals surface area contributed by atoms with Gasteiger partial charge in [0.25, 0.3) is 0 Å². The first-order valence-corrected chi connectivity index (χ1v) is 8.69. The van der Waals surface area contributed by atoms with E-state index < -0.39 is 38.9 Å². The number of halogens is 4. The van der Waals surface area contributed by atoms with Gasteiger partial charge in [0.1, 0.15) is 5.75 Å². The number of ether oxygens (including phenoxy) is 1. The van der Waals surface area contributed by atoms with Crippen LogP contribution in [0.3, 0.4) is 0 Å². The predicted octanol–water partition coefficient (Wildman–Crippen LogP) is 3.31. The molecule has 0 bridgehead atoms. The van der Waals surface area contributed by atoms with Crippen molar-refractivity contribution in [3.63, 3.8) is 0 Å². The van der Waals surface area contributed by atoms with Gasteiger partial charge in [0.05, 0.1) is 7.11 Å². The van der Waals surface area contributed by atoms with Crippen molar-refractivity contribution in [3.05, 3.63) is 29.8 Å². The molecule has 0 radical (unpaired) electrons. The zero-order valence-corrected chi connectivity index (χ0v) is 14.2. The molecule has 0 aromatic heterocycles. The average molecular weight is 384 g/mol. The molecule has 1 aliphatic carbocycles. The van der Waals surface area contributed by atoms with E-state index in [9.17, 15) is 30.8 Å². The molecule has 0 saturated heterocycles. The Morgan fingerprint density at radius 1 is 1.24 bits per heavy atom. The Kier molecular flexibility index (Phi) is 5.04. The second-order valence-corrected chi connectivity index (χ2v) is 7.48. The summed E-state index contributed by atoms with van der Waals surface area (Å²) in [5.74, 6) is -2.92. The van der Waals surface area contributed by atoms with Crippen LogP contribution in [0.2, 0.25) is 0 Å². The molecule has 0 amide bonds. The predicted molar refractivity (Wildman–Crippen MR) is 79.0 cm³/mol. The van der Waals surface area contributed by atoms with Crippen molar-refractivity contribution in [1.29, 1.82) is 0 Å². The lowest BCUT2D eigenvalue weighted by Gasteiger charge is -2.28. The molecule has 0 unspecified atom stereocenters. The lowest BCUT2D eigenvalue weighted by Crippen LogP contribution is -2.39. The van der Waals surface area contributed by atoms with E-state index in [-0.39, 0.29) is 11.5 Å². The number of rotatable bonds is 6. The first-order chi connectivity index (χ1) is 11.4. The summed E-state index contributed by atoms with van der Waals surface area (Å²) in [6.07, 6.45) is 1.26.